The maximum Gasteiger partial charge on any atom is 0.0989 e. The molecule has 3 rings (SSSR count). The van der Waals surface area contributed by atoms with Crippen LogP contribution in [-0.4, -0.2) is 6.67 Å². The van der Waals surface area contributed by atoms with Crippen LogP contribution in [0.4, 0.5) is 11.4 Å². The molecule has 2 aromatic rings. The van der Waals surface area contributed by atoms with Crippen LogP contribution in [0.25, 0.3) is 0 Å². The smallest absolute Gasteiger partial charge is 0.0989 e. The first kappa shape index (κ1) is 29.3. The summed E-state index contributed by atoms with van der Waals surface area (Å²) in [4.78, 5) is 5.14. The molecule has 0 saturated heterocycles. The topological polar surface area (TPSA) is 6.48 Å². The monoisotopic (exact) mass is 502 g/mol. The van der Waals surface area contributed by atoms with Gasteiger partial charge < -0.3 is 9.80 Å². The number of hydrogen-bond acceptors (Lipinski definition) is 2. The highest BCUT2D eigenvalue weighted by molar-refractivity contribution is 5.71. The average Bonchev–Trinajstić information content (AvgIpc) is 3.41. The second-order valence-corrected chi connectivity index (χ2v) is 11.0. The summed E-state index contributed by atoms with van der Waals surface area (Å²) in [6.45, 7) is 19.7. The minimum Gasteiger partial charge on any atom is -0.327 e. The molecular formula is C35H54N2. The molecule has 0 aliphatic carbocycles. The lowest BCUT2D eigenvalue weighted by atomic mass is 9.85. The van der Waals surface area contributed by atoms with Gasteiger partial charge in [-0.3, -0.25) is 0 Å². The molecule has 0 fully saturated rings. The molecule has 0 radical (unpaired) electrons. The van der Waals surface area contributed by atoms with E-state index in [0.29, 0.717) is 23.7 Å². The van der Waals surface area contributed by atoms with Crippen molar-refractivity contribution < 1.29 is 0 Å². The first-order valence-corrected chi connectivity index (χ1v) is 15.5. The number of anilines is 2. The van der Waals surface area contributed by atoms with E-state index >= 15 is 0 Å². The Morgan fingerprint density at radius 3 is 0.919 bits per heavy atom. The fourth-order valence-corrected chi connectivity index (χ4v) is 6.76. The fourth-order valence-electron chi connectivity index (χ4n) is 6.76. The van der Waals surface area contributed by atoms with E-state index in [1.165, 1.54) is 85.0 Å². The molecule has 0 aromatic heterocycles. The lowest BCUT2D eigenvalue weighted by Gasteiger charge is -2.33. The average molecular weight is 503 g/mol. The summed E-state index contributed by atoms with van der Waals surface area (Å²) in [6.07, 6.45) is 14.2. The number of benzene rings is 2. The van der Waals surface area contributed by atoms with Crippen LogP contribution in [0.15, 0.2) is 48.8 Å². The molecule has 0 saturated carbocycles. The lowest BCUT2D eigenvalue weighted by Crippen LogP contribution is -2.29. The van der Waals surface area contributed by atoms with Crippen LogP contribution in [0.5, 0.6) is 0 Å². The van der Waals surface area contributed by atoms with Crippen molar-refractivity contribution in [1.29, 1.82) is 0 Å². The number of hydrogen-bond donors (Lipinski definition) is 0. The third-order valence-corrected chi connectivity index (χ3v) is 9.20. The third-order valence-electron chi connectivity index (χ3n) is 9.20. The summed E-state index contributed by atoms with van der Waals surface area (Å²) in [7, 11) is 0. The van der Waals surface area contributed by atoms with Crippen molar-refractivity contribution in [3.8, 4) is 0 Å². The predicted molar refractivity (Wildman–Crippen MR) is 165 cm³/mol. The first-order valence-electron chi connectivity index (χ1n) is 15.5. The van der Waals surface area contributed by atoms with Crippen LogP contribution >= 0.6 is 0 Å². The highest BCUT2D eigenvalue weighted by Crippen LogP contribution is 2.44. The summed E-state index contributed by atoms with van der Waals surface area (Å²) in [5, 5.41) is 0. The van der Waals surface area contributed by atoms with Crippen molar-refractivity contribution in [2.75, 3.05) is 16.5 Å². The van der Waals surface area contributed by atoms with Crippen LogP contribution in [0.2, 0.25) is 0 Å². The van der Waals surface area contributed by atoms with Crippen molar-refractivity contribution in [2.24, 2.45) is 0 Å². The molecule has 0 amide bonds. The number of nitrogens with zero attached hydrogens (tertiary/aromatic N) is 2. The lowest BCUT2D eigenvalue weighted by molar-refractivity contribution is 0.619. The standard InChI is InChI=1S/C35H54N2/c1-9-26(10-2)30-19-17-20-31(27(11-3)12-4)34(30)36-23-24-37(25-36)35-32(28(13-5)14-6)21-18-22-33(35)29(15-7)16-8/h17-24,26-29H,9-16,25H2,1-8H3. The maximum absolute atomic E-state index is 2.57. The Morgan fingerprint density at radius 2 is 0.703 bits per heavy atom. The Kier molecular flexibility index (Phi) is 11.2. The molecule has 2 aromatic carbocycles. The van der Waals surface area contributed by atoms with Crippen molar-refractivity contribution >= 4 is 11.4 Å². The molecule has 37 heavy (non-hydrogen) atoms. The van der Waals surface area contributed by atoms with Gasteiger partial charge in [0.25, 0.3) is 0 Å². The van der Waals surface area contributed by atoms with Crippen LogP contribution < -0.4 is 9.80 Å². The van der Waals surface area contributed by atoms with Gasteiger partial charge in [-0.25, -0.2) is 0 Å². The molecule has 2 nitrogen and oxygen atoms in total. The molecule has 0 unspecified atom stereocenters. The van der Waals surface area contributed by atoms with Gasteiger partial charge >= 0.3 is 0 Å². The predicted octanol–water partition coefficient (Wildman–Crippen LogP) is 11.1. The van der Waals surface area contributed by atoms with Crippen LogP contribution in [0.1, 0.15) is 153 Å². The van der Waals surface area contributed by atoms with Crippen LogP contribution in [-0.2, 0) is 0 Å². The third kappa shape index (κ3) is 6.10. The molecule has 0 N–H and O–H groups in total. The molecular weight excluding hydrogens is 448 g/mol. The van der Waals surface area contributed by atoms with E-state index in [1.54, 1.807) is 0 Å². The summed E-state index contributed by atoms with van der Waals surface area (Å²) < 4.78 is 0. The molecule has 2 heteroatoms. The second-order valence-electron chi connectivity index (χ2n) is 11.0. The molecule has 1 aliphatic rings. The minimum atomic E-state index is 0.601. The van der Waals surface area contributed by atoms with Gasteiger partial charge in [0.1, 0.15) is 0 Å². The van der Waals surface area contributed by atoms with E-state index in [9.17, 15) is 0 Å². The fraction of sp³-hybridized carbons (Fsp3) is 0.600. The van der Waals surface area contributed by atoms with E-state index < -0.39 is 0 Å². The molecule has 0 atom stereocenters. The van der Waals surface area contributed by atoms with E-state index in [1.807, 2.05) is 0 Å². The summed E-state index contributed by atoms with van der Waals surface area (Å²) >= 11 is 0. The van der Waals surface area contributed by atoms with Gasteiger partial charge in [-0.1, -0.05) is 91.8 Å². The van der Waals surface area contributed by atoms with Gasteiger partial charge in [0.2, 0.25) is 0 Å². The van der Waals surface area contributed by atoms with Crippen LogP contribution in [0.3, 0.4) is 0 Å². The summed E-state index contributed by atoms with van der Waals surface area (Å²) in [5.74, 6) is 2.40. The Morgan fingerprint density at radius 1 is 0.459 bits per heavy atom. The largest absolute Gasteiger partial charge is 0.327 e. The zero-order chi connectivity index (χ0) is 26.9. The summed E-state index contributed by atoms with van der Waals surface area (Å²) in [6, 6.07) is 14.3. The molecule has 1 heterocycles. The molecule has 204 valence electrons. The normalized spacial score (nSPS) is 13.8. The zero-order valence-electron chi connectivity index (χ0n) is 25.2. The van der Waals surface area contributed by atoms with E-state index in [2.05, 4.69) is 114 Å². The van der Waals surface area contributed by atoms with E-state index in [0.717, 1.165) is 6.67 Å². The Labute approximate surface area is 229 Å². The highest BCUT2D eigenvalue weighted by atomic mass is 15.3. The maximum atomic E-state index is 2.57. The van der Waals surface area contributed by atoms with Gasteiger partial charge in [0, 0.05) is 23.8 Å². The Balaban J connectivity index is 2.13. The quantitative estimate of drug-likeness (QED) is 0.253. The van der Waals surface area contributed by atoms with Gasteiger partial charge in [-0.05, 0) is 97.3 Å². The highest BCUT2D eigenvalue weighted by Gasteiger charge is 2.29. The van der Waals surface area contributed by atoms with E-state index in [4.69, 9.17) is 0 Å². The van der Waals surface area contributed by atoms with Gasteiger partial charge in [-0.15, -0.1) is 0 Å². The van der Waals surface area contributed by atoms with Crippen molar-refractivity contribution in [3.63, 3.8) is 0 Å². The minimum absolute atomic E-state index is 0.601. The Bertz CT molecular complexity index is 850. The zero-order valence-corrected chi connectivity index (χ0v) is 25.2. The van der Waals surface area contributed by atoms with Gasteiger partial charge in [-0.2, -0.15) is 0 Å². The summed E-state index contributed by atoms with van der Waals surface area (Å²) in [5.41, 5.74) is 9.10. The number of para-hydroxylation sites is 2. The Hall–Kier alpha value is -2.22. The molecule has 0 spiro atoms. The number of rotatable bonds is 14. The van der Waals surface area contributed by atoms with Gasteiger partial charge in [0.05, 0.1) is 6.67 Å². The molecule has 1 aliphatic heterocycles. The first-order chi connectivity index (χ1) is 18.0. The van der Waals surface area contributed by atoms with E-state index in [-0.39, 0.29) is 0 Å². The second kappa shape index (κ2) is 14.1. The van der Waals surface area contributed by atoms with Crippen molar-refractivity contribution in [3.05, 3.63) is 71.1 Å². The molecule has 0 bridgehead atoms. The van der Waals surface area contributed by atoms with Crippen molar-refractivity contribution in [2.45, 2.75) is 130 Å². The van der Waals surface area contributed by atoms with Gasteiger partial charge in [0.15, 0.2) is 0 Å². The SMILES string of the molecule is CCC(CC)c1cccc(C(CC)CC)c1N1C=CN(c2c(C(CC)CC)cccc2C(CC)CC)C1. The van der Waals surface area contributed by atoms with Crippen LogP contribution in [0, 0.1) is 0 Å². The van der Waals surface area contributed by atoms with Crippen molar-refractivity contribution in [1.82, 2.24) is 0 Å².